The minimum absolute atomic E-state index is 0.160. The van der Waals surface area contributed by atoms with Gasteiger partial charge in [0.1, 0.15) is 23.7 Å². The number of nitrogens with zero attached hydrogens (tertiary/aromatic N) is 5. The van der Waals surface area contributed by atoms with Crippen LogP contribution >= 0.6 is 11.6 Å². The van der Waals surface area contributed by atoms with Gasteiger partial charge in [0.15, 0.2) is 0 Å². The van der Waals surface area contributed by atoms with E-state index in [1.54, 1.807) is 0 Å². The van der Waals surface area contributed by atoms with Crippen LogP contribution in [0.25, 0.3) is 27.7 Å². The third-order valence-electron chi connectivity index (χ3n) is 7.71. The largest absolute Gasteiger partial charge is 0.488 e. The predicted octanol–water partition coefficient (Wildman–Crippen LogP) is 5.03. The van der Waals surface area contributed by atoms with Crippen LogP contribution in [0.1, 0.15) is 16.8 Å². The summed E-state index contributed by atoms with van der Waals surface area (Å²) < 4.78 is 23.2. The van der Waals surface area contributed by atoms with E-state index >= 15 is 0 Å². The van der Waals surface area contributed by atoms with Gasteiger partial charge in [-0.3, -0.25) is 14.3 Å². The monoisotopic (exact) mass is 596 g/mol. The van der Waals surface area contributed by atoms with Crippen molar-refractivity contribution in [3.8, 4) is 22.6 Å². The van der Waals surface area contributed by atoms with E-state index in [-0.39, 0.29) is 28.9 Å². The van der Waals surface area contributed by atoms with Gasteiger partial charge in [0, 0.05) is 30.7 Å². The van der Waals surface area contributed by atoms with Gasteiger partial charge in [-0.05, 0) is 47.5 Å². The van der Waals surface area contributed by atoms with Crippen LogP contribution in [0.5, 0.6) is 5.75 Å². The fourth-order valence-corrected chi connectivity index (χ4v) is 5.92. The molecule has 43 heavy (non-hydrogen) atoms. The zero-order chi connectivity index (χ0) is 29.5. The number of carbonyl (C=O) groups is 2. The lowest BCUT2D eigenvalue weighted by Gasteiger charge is -2.22. The molecule has 2 aliphatic heterocycles. The Morgan fingerprint density at radius 3 is 2.84 bits per heavy atom. The summed E-state index contributed by atoms with van der Waals surface area (Å²) >= 11 is 6.20. The van der Waals surface area contributed by atoms with Gasteiger partial charge in [0.25, 0.3) is 5.91 Å². The Kier molecular flexibility index (Phi) is 6.90. The molecule has 7 rings (SSSR count). The van der Waals surface area contributed by atoms with Crippen molar-refractivity contribution in [3.63, 3.8) is 0 Å². The van der Waals surface area contributed by atoms with Crippen molar-refractivity contribution in [2.75, 3.05) is 13.1 Å². The standard InChI is InChI=1S/C32H26ClFN6O3/c33-27-14-22(34)9-10-29(27)40-17-21(16-36-40)32(42)39-18-24-15-30(39)31(41)35-11-1-2-12-38-19-26-25(7-4-8-28(26)37-38)20-5-3-6-23(13-20)43-24/h1-10,13-14,16-17,19,24,30H,11-12,15,18H2,(H,35,41)/b2-1-/t24-,30-/m0/s1. The van der Waals surface area contributed by atoms with Crippen molar-refractivity contribution in [3.05, 3.63) is 108 Å². The van der Waals surface area contributed by atoms with E-state index in [1.165, 1.54) is 40.2 Å². The van der Waals surface area contributed by atoms with Crippen LogP contribution in [0.4, 0.5) is 4.39 Å². The topological polar surface area (TPSA) is 94.3 Å². The summed E-state index contributed by atoms with van der Waals surface area (Å²) in [5.74, 6) is -0.469. The van der Waals surface area contributed by atoms with Crippen molar-refractivity contribution < 1.29 is 18.7 Å². The lowest BCUT2D eigenvalue weighted by atomic mass is 10.0. The maximum Gasteiger partial charge on any atom is 0.257 e. The highest BCUT2D eigenvalue weighted by molar-refractivity contribution is 6.32. The van der Waals surface area contributed by atoms with Crippen LogP contribution in [-0.4, -0.2) is 61.5 Å². The number of rotatable bonds is 2. The number of allylic oxidation sites excluding steroid dienone is 1. The lowest BCUT2D eigenvalue weighted by Crippen LogP contribution is -2.46. The fraction of sp³-hybridized carbons (Fsp3) is 0.188. The fourth-order valence-electron chi connectivity index (χ4n) is 5.66. The lowest BCUT2D eigenvalue weighted by molar-refractivity contribution is -0.124. The molecule has 9 nitrogen and oxygen atoms in total. The maximum absolute atomic E-state index is 13.8. The molecule has 0 radical (unpaired) electrons. The molecule has 6 bridgehead atoms. The molecule has 0 spiro atoms. The van der Waals surface area contributed by atoms with Crippen molar-refractivity contribution in [2.24, 2.45) is 0 Å². The SMILES string of the molecule is O=C1NC/C=C\Cn2cc3c(cccc3n2)-c2cccc(c2)O[C@H]2C[C@@H]1N(C(=O)c1cnn(-c3ccc(F)cc3Cl)c1)C2. The Balaban J connectivity index is 1.20. The van der Waals surface area contributed by atoms with E-state index < -0.39 is 18.0 Å². The number of hydrogen-bond donors (Lipinski definition) is 1. The van der Waals surface area contributed by atoms with Gasteiger partial charge in [-0.1, -0.05) is 48.0 Å². The number of aromatic nitrogens is 4. The molecule has 1 fully saturated rings. The van der Waals surface area contributed by atoms with Gasteiger partial charge >= 0.3 is 0 Å². The molecule has 216 valence electrons. The predicted molar refractivity (Wildman–Crippen MR) is 160 cm³/mol. The summed E-state index contributed by atoms with van der Waals surface area (Å²) in [6.45, 7) is 1.06. The number of carbonyl (C=O) groups excluding carboxylic acids is 2. The van der Waals surface area contributed by atoms with Crippen molar-refractivity contribution >= 4 is 34.3 Å². The smallest absolute Gasteiger partial charge is 0.257 e. The van der Waals surface area contributed by atoms with Gasteiger partial charge < -0.3 is 15.0 Å². The second-order valence-corrected chi connectivity index (χ2v) is 11.0. The molecule has 2 atom stereocenters. The van der Waals surface area contributed by atoms with Gasteiger partial charge in [0.05, 0.1) is 41.1 Å². The number of likely N-dealkylation sites (tertiary alicyclic amines) is 1. The first kappa shape index (κ1) is 26.9. The van der Waals surface area contributed by atoms with Gasteiger partial charge in [0.2, 0.25) is 5.91 Å². The second kappa shape index (κ2) is 11.0. The van der Waals surface area contributed by atoms with Gasteiger partial charge in [-0.15, -0.1) is 0 Å². The third kappa shape index (κ3) is 5.25. The van der Waals surface area contributed by atoms with Crippen molar-refractivity contribution in [1.29, 1.82) is 0 Å². The zero-order valence-electron chi connectivity index (χ0n) is 22.9. The summed E-state index contributed by atoms with van der Waals surface area (Å²) in [5, 5.41) is 13.1. The molecule has 3 aromatic carbocycles. The highest BCUT2D eigenvalue weighted by atomic mass is 35.5. The highest BCUT2D eigenvalue weighted by Gasteiger charge is 2.41. The number of halogens is 2. The first-order valence-electron chi connectivity index (χ1n) is 13.9. The van der Waals surface area contributed by atoms with Crippen molar-refractivity contribution in [1.82, 2.24) is 29.8 Å². The molecule has 0 saturated carbocycles. The molecule has 5 aromatic rings. The summed E-state index contributed by atoms with van der Waals surface area (Å²) in [7, 11) is 0. The molecule has 2 aromatic heterocycles. The van der Waals surface area contributed by atoms with Crippen LogP contribution in [0.3, 0.4) is 0 Å². The summed E-state index contributed by atoms with van der Waals surface area (Å²) in [5.41, 5.74) is 3.62. The number of amides is 2. The van der Waals surface area contributed by atoms with Crippen LogP contribution in [0, 0.1) is 5.82 Å². The normalized spacial score (nSPS) is 19.2. The zero-order valence-corrected chi connectivity index (χ0v) is 23.6. The quantitative estimate of drug-likeness (QED) is 0.289. The van der Waals surface area contributed by atoms with Crippen LogP contribution in [-0.2, 0) is 11.3 Å². The summed E-state index contributed by atoms with van der Waals surface area (Å²) in [6, 6.07) is 17.0. The van der Waals surface area contributed by atoms with E-state index in [2.05, 4.69) is 16.5 Å². The van der Waals surface area contributed by atoms with Crippen LogP contribution in [0.15, 0.2) is 91.4 Å². The Hall–Kier alpha value is -4.96. The molecular formula is C32H26ClFN6O3. The van der Waals surface area contributed by atoms with E-state index in [9.17, 15) is 14.0 Å². The van der Waals surface area contributed by atoms with Crippen LogP contribution in [0.2, 0.25) is 5.02 Å². The molecule has 1 saturated heterocycles. The maximum atomic E-state index is 13.8. The Bertz CT molecular complexity index is 1900. The number of benzene rings is 3. The molecule has 11 heteroatoms. The average molecular weight is 597 g/mol. The molecular weight excluding hydrogens is 571 g/mol. The van der Waals surface area contributed by atoms with E-state index in [0.717, 1.165) is 22.0 Å². The van der Waals surface area contributed by atoms with Crippen molar-refractivity contribution in [2.45, 2.75) is 25.1 Å². The molecule has 2 aliphatic rings. The van der Waals surface area contributed by atoms with Gasteiger partial charge in [-0.25, -0.2) is 9.07 Å². The molecule has 0 unspecified atom stereocenters. The van der Waals surface area contributed by atoms with E-state index in [4.69, 9.17) is 21.4 Å². The Morgan fingerprint density at radius 2 is 1.95 bits per heavy atom. The number of ether oxygens (including phenoxy) is 1. The highest BCUT2D eigenvalue weighted by Crippen LogP contribution is 2.32. The van der Waals surface area contributed by atoms with Gasteiger partial charge in [-0.2, -0.15) is 10.2 Å². The number of fused-ring (bicyclic) bond motifs is 6. The third-order valence-corrected chi connectivity index (χ3v) is 8.01. The van der Waals surface area contributed by atoms with Crippen LogP contribution < -0.4 is 10.1 Å². The minimum Gasteiger partial charge on any atom is -0.488 e. The summed E-state index contributed by atoms with van der Waals surface area (Å²) in [4.78, 5) is 28.7. The minimum atomic E-state index is -0.746. The Labute approximate surface area is 251 Å². The molecule has 1 N–H and O–H groups in total. The second-order valence-electron chi connectivity index (χ2n) is 10.6. The molecule has 4 heterocycles. The average Bonchev–Trinajstić information content (AvgIpc) is 3.75. The first-order valence-corrected chi connectivity index (χ1v) is 14.3. The molecule has 2 amide bonds. The van der Waals surface area contributed by atoms with E-state index in [0.29, 0.717) is 30.9 Å². The summed E-state index contributed by atoms with van der Waals surface area (Å²) in [6.07, 6.45) is 8.69. The molecule has 0 aliphatic carbocycles. The Morgan fingerprint density at radius 1 is 1.07 bits per heavy atom. The first-order chi connectivity index (χ1) is 20.9. The van der Waals surface area contributed by atoms with E-state index in [1.807, 2.05) is 59.4 Å². The number of hydrogen-bond acceptors (Lipinski definition) is 5. The number of nitrogens with one attached hydrogen (secondary N) is 1.